The van der Waals surface area contributed by atoms with E-state index in [0.29, 0.717) is 6.04 Å². The number of aromatic nitrogens is 1. The monoisotopic (exact) mass is 254 g/mol. The first-order valence-electron chi connectivity index (χ1n) is 6.33. The molecule has 2 N–H and O–H groups in total. The van der Waals surface area contributed by atoms with E-state index in [1.54, 1.807) is 11.3 Å². The quantitative estimate of drug-likeness (QED) is 0.868. The molecule has 1 aliphatic carbocycles. The van der Waals surface area contributed by atoms with Crippen molar-refractivity contribution in [3.05, 3.63) is 16.1 Å². The van der Waals surface area contributed by atoms with Crippen molar-refractivity contribution in [2.75, 3.05) is 0 Å². The summed E-state index contributed by atoms with van der Waals surface area (Å²) >= 11 is 1.78. The number of hydrogen-bond acceptors (Lipinski definition) is 4. The molecule has 3 unspecified atom stereocenters. The lowest BCUT2D eigenvalue weighted by Gasteiger charge is -2.50. The van der Waals surface area contributed by atoms with E-state index >= 15 is 0 Å². The van der Waals surface area contributed by atoms with Crippen molar-refractivity contribution in [2.24, 2.45) is 5.41 Å². The second-order valence-electron chi connectivity index (χ2n) is 5.53. The zero-order chi connectivity index (χ0) is 12.6. The summed E-state index contributed by atoms with van der Waals surface area (Å²) in [7, 11) is 0. The molecule has 0 saturated heterocycles. The Kier molecular flexibility index (Phi) is 3.57. The summed E-state index contributed by atoms with van der Waals surface area (Å²) in [5.74, 6) is 0. The lowest BCUT2D eigenvalue weighted by Crippen LogP contribution is -2.60. The molecule has 0 amide bonds. The van der Waals surface area contributed by atoms with E-state index in [2.05, 4.69) is 38.0 Å². The molecule has 1 fully saturated rings. The number of aryl methyl sites for hydroxylation is 1. The van der Waals surface area contributed by atoms with Crippen LogP contribution in [0.4, 0.5) is 0 Å². The van der Waals surface area contributed by atoms with Crippen LogP contribution in [0, 0.1) is 5.41 Å². The first-order valence-corrected chi connectivity index (χ1v) is 7.15. The molecule has 1 heterocycles. The van der Waals surface area contributed by atoms with Gasteiger partial charge >= 0.3 is 0 Å². The van der Waals surface area contributed by atoms with Crippen LogP contribution in [0.15, 0.2) is 6.20 Å². The standard InChI is InChI=1S/C13H22N2OS/c1-5-9-7-14-12(17-9)8(2)15-10-6-11(16)13(10,3)4/h7-8,10-11,15-16H,5-6H2,1-4H3. The van der Waals surface area contributed by atoms with Gasteiger partial charge in [-0.1, -0.05) is 20.8 Å². The zero-order valence-electron chi connectivity index (χ0n) is 11.0. The zero-order valence-corrected chi connectivity index (χ0v) is 11.8. The van der Waals surface area contributed by atoms with Gasteiger partial charge < -0.3 is 10.4 Å². The highest BCUT2D eigenvalue weighted by Crippen LogP contribution is 2.41. The van der Waals surface area contributed by atoms with Gasteiger partial charge in [0, 0.05) is 22.5 Å². The van der Waals surface area contributed by atoms with Gasteiger partial charge in [0.2, 0.25) is 0 Å². The van der Waals surface area contributed by atoms with Crippen LogP contribution in [0.25, 0.3) is 0 Å². The number of aliphatic hydroxyl groups excluding tert-OH is 1. The number of nitrogens with zero attached hydrogens (tertiary/aromatic N) is 1. The van der Waals surface area contributed by atoms with Crippen molar-refractivity contribution in [1.82, 2.24) is 10.3 Å². The fraction of sp³-hybridized carbons (Fsp3) is 0.769. The highest BCUT2D eigenvalue weighted by molar-refractivity contribution is 7.11. The lowest BCUT2D eigenvalue weighted by atomic mass is 9.64. The minimum Gasteiger partial charge on any atom is -0.392 e. The summed E-state index contributed by atoms with van der Waals surface area (Å²) in [4.78, 5) is 5.79. The van der Waals surface area contributed by atoms with E-state index in [4.69, 9.17) is 0 Å². The van der Waals surface area contributed by atoms with E-state index < -0.39 is 0 Å². The molecule has 3 atom stereocenters. The highest BCUT2D eigenvalue weighted by Gasteiger charge is 2.47. The normalized spacial score (nSPS) is 28.8. The van der Waals surface area contributed by atoms with Crippen LogP contribution in [-0.4, -0.2) is 22.2 Å². The maximum Gasteiger partial charge on any atom is 0.109 e. The van der Waals surface area contributed by atoms with E-state index in [1.807, 2.05) is 6.20 Å². The van der Waals surface area contributed by atoms with E-state index in [9.17, 15) is 5.11 Å². The van der Waals surface area contributed by atoms with Crippen molar-refractivity contribution in [2.45, 2.75) is 58.7 Å². The molecule has 4 heteroatoms. The molecule has 0 aliphatic heterocycles. The van der Waals surface area contributed by atoms with Gasteiger partial charge in [0.05, 0.1) is 12.1 Å². The Morgan fingerprint density at radius 1 is 1.65 bits per heavy atom. The fourth-order valence-electron chi connectivity index (χ4n) is 2.24. The molecule has 17 heavy (non-hydrogen) atoms. The van der Waals surface area contributed by atoms with Crippen molar-refractivity contribution >= 4 is 11.3 Å². The topological polar surface area (TPSA) is 45.2 Å². The predicted octanol–water partition coefficient (Wildman–Crippen LogP) is 2.52. The molecule has 3 nitrogen and oxygen atoms in total. The molecule has 1 aliphatic rings. The van der Waals surface area contributed by atoms with Crippen molar-refractivity contribution in [1.29, 1.82) is 0 Å². The summed E-state index contributed by atoms with van der Waals surface area (Å²) in [6, 6.07) is 0.665. The summed E-state index contributed by atoms with van der Waals surface area (Å²) in [5.41, 5.74) is -0.0148. The maximum atomic E-state index is 9.72. The lowest BCUT2D eigenvalue weighted by molar-refractivity contribution is -0.0754. The van der Waals surface area contributed by atoms with Crippen LogP contribution >= 0.6 is 11.3 Å². The molecular weight excluding hydrogens is 232 g/mol. The van der Waals surface area contributed by atoms with E-state index in [0.717, 1.165) is 17.8 Å². The third-order valence-electron chi connectivity index (χ3n) is 3.96. The van der Waals surface area contributed by atoms with Crippen LogP contribution in [0.3, 0.4) is 0 Å². The van der Waals surface area contributed by atoms with Crippen molar-refractivity contribution in [3.63, 3.8) is 0 Å². The third kappa shape index (κ3) is 2.39. The van der Waals surface area contributed by atoms with E-state index in [1.165, 1.54) is 4.88 Å². The molecule has 0 radical (unpaired) electrons. The molecule has 0 bridgehead atoms. The van der Waals surface area contributed by atoms with E-state index in [-0.39, 0.29) is 17.6 Å². The smallest absolute Gasteiger partial charge is 0.109 e. The first kappa shape index (κ1) is 13.0. The van der Waals surface area contributed by atoms with Gasteiger partial charge in [-0.25, -0.2) is 4.98 Å². The number of rotatable bonds is 4. The molecule has 1 saturated carbocycles. The maximum absolute atomic E-state index is 9.72. The molecule has 0 aromatic carbocycles. The SMILES string of the molecule is CCc1cnc(C(C)NC2CC(O)C2(C)C)s1. The average molecular weight is 254 g/mol. The van der Waals surface area contributed by atoms with Gasteiger partial charge in [-0.2, -0.15) is 0 Å². The molecule has 1 aromatic rings. The largest absolute Gasteiger partial charge is 0.392 e. The summed E-state index contributed by atoms with van der Waals surface area (Å²) in [6.45, 7) is 8.54. The van der Waals surface area contributed by atoms with Crippen molar-refractivity contribution < 1.29 is 5.11 Å². The Balaban J connectivity index is 1.96. The highest BCUT2D eigenvalue weighted by atomic mass is 32.1. The van der Waals surface area contributed by atoms with Crippen LogP contribution in [0.5, 0.6) is 0 Å². The Morgan fingerprint density at radius 3 is 2.82 bits per heavy atom. The minimum absolute atomic E-state index is 0.0148. The number of aliphatic hydroxyl groups is 1. The van der Waals surface area contributed by atoms with Crippen LogP contribution in [-0.2, 0) is 6.42 Å². The fourth-order valence-corrected chi connectivity index (χ4v) is 3.11. The first-order chi connectivity index (χ1) is 7.95. The van der Waals surface area contributed by atoms with Crippen LogP contribution in [0.1, 0.15) is 50.0 Å². The second-order valence-corrected chi connectivity index (χ2v) is 6.68. The Labute approximate surface area is 107 Å². The van der Waals surface area contributed by atoms with Gasteiger partial charge in [0.15, 0.2) is 0 Å². The van der Waals surface area contributed by atoms with Crippen molar-refractivity contribution in [3.8, 4) is 0 Å². The van der Waals surface area contributed by atoms with Gasteiger partial charge in [-0.3, -0.25) is 0 Å². The number of hydrogen-bond donors (Lipinski definition) is 2. The van der Waals surface area contributed by atoms with Gasteiger partial charge in [0.25, 0.3) is 0 Å². The summed E-state index contributed by atoms with van der Waals surface area (Å²) in [5, 5.41) is 14.4. The second kappa shape index (κ2) is 4.67. The Bertz CT molecular complexity index is 389. The van der Waals surface area contributed by atoms with Gasteiger partial charge in [-0.15, -0.1) is 11.3 Å². The summed E-state index contributed by atoms with van der Waals surface area (Å²) in [6.07, 6.45) is 3.70. The average Bonchev–Trinajstić information content (AvgIpc) is 2.77. The molecule has 0 spiro atoms. The minimum atomic E-state index is -0.172. The number of nitrogens with one attached hydrogen (secondary N) is 1. The van der Waals surface area contributed by atoms with Crippen LogP contribution < -0.4 is 5.32 Å². The van der Waals surface area contributed by atoms with Gasteiger partial charge in [-0.05, 0) is 19.8 Å². The van der Waals surface area contributed by atoms with Gasteiger partial charge in [0.1, 0.15) is 5.01 Å². The molecule has 96 valence electrons. The number of thiazole rings is 1. The molecule has 2 rings (SSSR count). The summed E-state index contributed by atoms with van der Waals surface area (Å²) < 4.78 is 0. The molecule has 1 aromatic heterocycles. The Morgan fingerprint density at radius 2 is 2.35 bits per heavy atom. The van der Waals surface area contributed by atoms with Crippen LogP contribution in [0.2, 0.25) is 0 Å². The third-order valence-corrected chi connectivity index (χ3v) is 5.28. The molecular formula is C13H22N2OS. The predicted molar refractivity (Wildman–Crippen MR) is 71.2 cm³/mol. The Hall–Kier alpha value is -0.450.